The molecule has 0 N–H and O–H groups in total. The summed E-state index contributed by atoms with van der Waals surface area (Å²) in [6.45, 7) is 4.76. The quantitative estimate of drug-likeness (QED) is 0.693. The van der Waals surface area contributed by atoms with Crippen LogP contribution in [0.2, 0.25) is 0 Å². The Kier molecular flexibility index (Phi) is 7.08. The van der Waals surface area contributed by atoms with Gasteiger partial charge < -0.3 is 9.80 Å². The minimum Gasteiger partial charge on any atom is -0.303 e. The second-order valence-corrected chi connectivity index (χ2v) is 7.82. The van der Waals surface area contributed by atoms with E-state index in [-0.39, 0.29) is 0 Å². The number of alkyl halides is 3. The Bertz CT molecular complexity index is 733. The highest BCUT2D eigenvalue weighted by Gasteiger charge is 2.30. The van der Waals surface area contributed by atoms with Crippen LogP contribution in [-0.2, 0) is 19.1 Å². The lowest BCUT2D eigenvalue weighted by Crippen LogP contribution is -2.40. The van der Waals surface area contributed by atoms with E-state index in [9.17, 15) is 13.2 Å². The van der Waals surface area contributed by atoms with Crippen LogP contribution in [0.1, 0.15) is 29.5 Å². The number of hydrogen-bond acceptors (Lipinski definition) is 3. The van der Waals surface area contributed by atoms with E-state index >= 15 is 0 Å². The molecular weight excluding hydrogens is 363 g/mol. The van der Waals surface area contributed by atoms with E-state index in [1.54, 1.807) is 12.3 Å². The molecule has 3 rings (SSSR count). The van der Waals surface area contributed by atoms with Crippen molar-refractivity contribution in [2.75, 3.05) is 33.2 Å². The Hall–Kier alpha value is -1.92. The van der Waals surface area contributed by atoms with Gasteiger partial charge >= 0.3 is 6.18 Å². The molecule has 1 fully saturated rings. The van der Waals surface area contributed by atoms with Gasteiger partial charge in [-0.3, -0.25) is 4.98 Å². The van der Waals surface area contributed by atoms with Crippen molar-refractivity contribution >= 4 is 0 Å². The van der Waals surface area contributed by atoms with Crippen LogP contribution in [0.3, 0.4) is 0 Å². The lowest BCUT2D eigenvalue weighted by molar-refractivity contribution is -0.137. The van der Waals surface area contributed by atoms with Crippen LogP contribution in [0.4, 0.5) is 13.2 Å². The van der Waals surface area contributed by atoms with Crippen molar-refractivity contribution in [2.24, 2.45) is 5.92 Å². The molecule has 2 heterocycles. The van der Waals surface area contributed by atoms with Gasteiger partial charge in [0, 0.05) is 38.6 Å². The molecule has 1 aliphatic heterocycles. The van der Waals surface area contributed by atoms with Gasteiger partial charge in [0.2, 0.25) is 0 Å². The average molecular weight is 391 g/mol. The van der Waals surface area contributed by atoms with Crippen LogP contribution < -0.4 is 0 Å². The summed E-state index contributed by atoms with van der Waals surface area (Å²) in [5, 5.41) is 0. The van der Waals surface area contributed by atoms with Crippen molar-refractivity contribution in [3.8, 4) is 0 Å². The molecule has 1 atom stereocenters. The van der Waals surface area contributed by atoms with Gasteiger partial charge in [0.25, 0.3) is 0 Å². The zero-order valence-corrected chi connectivity index (χ0v) is 16.3. The third-order valence-electron chi connectivity index (χ3n) is 5.32. The number of nitrogens with zero attached hydrogens (tertiary/aromatic N) is 3. The molecule has 1 aromatic heterocycles. The minimum atomic E-state index is -4.27. The van der Waals surface area contributed by atoms with Crippen LogP contribution in [-0.4, -0.2) is 48.0 Å². The van der Waals surface area contributed by atoms with E-state index in [1.807, 2.05) is 12.3 Å². The molecule has 28 heavy (non-hydrogen) atoms. The van der Waals surface area contributed by atoms with Crippen LogP contribution in [0, 0.1) is 5.92 Å². The molecule has 0 spiro atoms. The molecule has 3 nitrogen and oxygen atoms in total. The zero-order valence-electron chi connectivity index (χ0n) is 16.3. The van der Waals surface area contributed by atoms with Gasteiger partial charge in [-0.2, -0.15) is 13.2 Å². The lowest BCUT2D eigenvalue weighted by Gasteiger charge is -2.34. The normalized spacial score (nSPS) is 18.5. The number of rotatable bonds is 7. The average Bonchev–Trinajstić information content (AvgIpc) is 2.67. The molecule has 1 aromatic carbocycles. The van der Waals surface area contributed by atoms with Crippen LogP contribution in [0.15, 0.2) is 48.8 Å². The Morgan fingerprint density at radius 3 is 2.75 bits per heavy atom. The maximum Gasteiger partial charge on any atom is 0.416 e. The van der Waals surface area contributed by atoms with Gasteiger partial charge in [-0.15, -0.1) is 0 Å². The number of aromatic nitrogens is 1. The Morgan fingerprint density at radius 1 is 1.18 bits per heavy atom. The molecule has 0 bridgehead atoms. The number of piperidine rings is 1. The van der Waals surface area contributed by atoms with Gasteiger partial charge in [-0.25, -0.2) is 0 Å². The second-order valence-electron chi connectivity index (χ2n) is 7.82. The summed E-state index contributed by atoms with van der Waals surface area (Å²) in [5.41, 5.74) is 1.41. The number of likely N-dealkylation sites (tertiary alicyclic amines) is 1. The second kappa shape index (κ2) is 9.52. The smallest absolute Gasteiger partial charge is 0.303 e. The molecular formula is C22H28F3N3. The number of halogens is 3. The summed E-state index contributed by atoms with van der Waals surface area (Å²) in [7, 11) is 2.13. The van der Waals surface area contributed by atoms with E-state index in [0.717, 1.165) is 50.8 Å². The van der Waals surface area contributed by atoms with Crippen molar-refractivity contribution < 1.29 is 13.2 Å². The van der Waals surface area contributed by atoms with Crippen molar-refractivity contribution in [2.45, 2.75) is 32.0 Å². The Balaban J connectivity index is 1.47. The summed E-state index contributed by atoms with van der Waals surface area (Å²) in [4.78, 5) is 8.89. The fourth-order valence-corrected chi connectivity index (χ4v) is 4.00. The number of pyridine rings is 1. The lowest BCUT2D eigenvalue weighted by atomic mass is 9.96. The summed E-state index contributed by atoms with van der Waals surface area (Å²) in [6.07, 6.45) is 2.42. The highest BCUT2D eigenvalue weighted by atomic mass is 19.4. The van der Waals surface area contributed by atoms with Gasteiger partial charge in [-0.05, 0) is 62.0 Å². The first-order valence-corrected chi connectivity index (χ1v) is 9.86. The summed E-state index contributed by atoms with van der Waals surface area (Å²) in [5.74, 6) is 0.594. The highest BCUT2D eigenvalue weighted by molar-refractivity contribution is 5.25. The summed E-state index contributed by atoms with van der Waals surface area (Å²) >= 11 is 0. The van der Waals surface area contributed by atoms with Crippen molar-refractivity contribution in [3.05, 3.63) is 65.5 Å². The molecule has 1 unspecified atom stereocenters. The zero-order chi connectivity index (χ0) is 20.0. The third-order valence-corrected chi connectivity index (χ3v) is 5.32. The van der Waals surface area contributed by atoms with Gasteiger partial charge in [0.05, 0.1) is 5.56 Å². The van der Waals surface area contributed by atoms with Crippen LogP contribution in [0.5, 0.6) is 0 Å². The monoisotopic (exact) mass is 391 g/mol. The Labute approximate surface area is 165 Å². The fourth-order valence-electron chi connectivity index (χ4n) is 4.00. The summed E-state index contributed by atoms with van der Waals surface area (Å²) < 4.78 is 38.6. The number of hydrogen-bond donors (Lipinski definition) is 0. The van der Waals surface area contributed by atoms with E-state index < -0.39 is 11.7 Å². The maximum atomic E-state index is 12.9. The first-order chi connectivity index (χ1) is 13.4. The molecule has 152 valence electrons. The van der Waals surface area contributed by atoms with Crippen LogP contribution >= 0.6 is 0 Å². The molecule has 0 amide bonds. The van der Waals surface area contributed by atoms with E-state index in [2.05, 4.69) is 27.9 Å². The molecule has 0 saturated carbocycles. The van der Waals surface area contributed by atoms with Crippen LogP contribution in [0.25, 0.3) is 0 Å². The molecule has 2 aromatic rings. The minimum absolute atomic E-state index is 0.557. The molecule has 0 radical (unpaired) electrons. The van der Waals surface area contributed by atoms with Crippen molar-refractivity contribution in [1.29, 1.82) is 0 Å². The highest BCUT2D eigenvalue weighted by Crippen LogP contribution is 2.29. The molecule has 0 aliphatic carbocycles. The number of benzene rings is 1. The van der Waals surface area contributed by atoms with E-state index in [1.165, 1.54) is 24.1 Å². The van der Waals surface area contributed by atoms with Gasteiger partial charge in [0.15, 0.2) is 0 Å². The summed E-state index contributed by atoms with van der Waals surface area (Å²) in [6, 6.07) is 9.76. The van der Waals surface area contributed by atoms with Crippen molar-refractivity contribution in [3.63, 3.8) is 0 Å². The van der Waals surface area contributed by atoms with E-state index in [4.69, 9.17) is 0 Å². The predicted octanol–water partition coefficient (Wildman–Crippen LogP) is 4.49. The van der Waals surface area contributed by atoms with Gasteiger partial charge in [-0.1, -0.05) is 24.3 Å². The van der Waals surface area contributed by atoms with E-state index in [0.29, 0.717) is 12.3 Å². The molecule has 1 saturated heterocycles. The standard InChI is InChI=1S/C22H28F3N3/c1-27(15-19-6-3-10-26-14-19)16-20-7-4-11-28(17-20)12-9-18-5-2-8-21(13-18)22(23,24)25/h2-3,5-6,8,10,13-14,20H,4,7,9,11-12,15-17H2,1H3. The predicted molar refractivity (Wildman–Crippen MR) is 105 cm³/mol. The molecule has 6 heteroatoms. The van der Waals surface area contributed by atoms with Crippen molar-refractivity contribution in [1.82, 2.24) is 14.8 Å². The first-order valence-electron chi connectivity index (χ1n) is 9.86. The third kappa shape index (κ3) is 6.31. The SMILES string of the molecule is CN(Cc1cccnc1)CC1CCCN(CCc2cccc(C(F)(F)F)c2)C1. The largest absolute Gasteiger partial charge is 0.416 e. The fraction of sp³-hybridized carbons (Fsp3) is 0.500. The molecule has 1 aliphatic rings. The van der Waals surface area contributed by atoms with Gasteiger partial charge in [0.1, 0.15) is 0 Å². The maximum absolute atomic E-state index is 12.9. The Morgan fingerprint density at radius 2 is 2.00 bits per heavy atom. The topological polar surface area (TPSA) is 19.4 Å². The first kappa shape index (κ1) is 20.8.